The van der Waals surface area contributed by atoms with Crippen LogP contribution in [0.15, 0.2) is 59.5 Å². The molecule has 2 rings (SSSR count). The molecule has 1 amide bonds. The topological polar surface area (TPSA) is 131 Å². The van der Waals surface area contributed by atoms with Crippen LogP contribution in [0.5, 0.6) is 5.75 Å². The van der Waals surface area contributed by atoms with Crippen LogP contribution in [0, 0.1) is 5.92 Å². The number of benzene rings is 2. The average Bonchev–Trinajstić information content (AvgIpc) is 2.92. The smallest absolute Gasteiger partial charge is 0.407 e. The number of esters is 1. The van der Waals surface area contributed by atoms with Gasteiger partial charge < -0.3 is 24.6 Å². The highest BCUT2D eigenvalue weighted by Gasteiger charge is 2.32. The second-order valence-corrected chi connectivity index (χ2v) is 11.5. The Morgan fingerprint density at radius 1 is 1.00 bits per heavy atom. The van der Waals surface area contributed by atoms with Crippen LogP contribution in [0.1, 0.15) is 39.2 Å². The number of rotatable bonds is 15. The highest BCUT2D eigenvalue weighted by Crippen LogP contribution is 2.22. The lowest BCUT2D eigenvalue weighted by Crippen LogP contribution is -2.51. The number of methoxy groups -OCH3 is 2. The minimum Gasteiger partial charge on any atom is -0.497 e. The van der Waals surface area contributed by atoms with E-state index >= 15 is 0 Å². The Bertz CT molecular complexity index is 1140. The first kappa shape index (κ1) is 32.1. The Hall–Kier alpha value is -3.15. The molecule has 11 heteroatoms. The van der Waals surface area contributed by atoms with Gasteiger partial charge in [-0.15, -0.1) is 0 Å². The highest BCUT2D eigenvalue weighted by atomic mass is 32.2. The van der Waals surface area contributed by atoms with Gasteiger partial charge in [0.1, 0.15) is 11.9 Å². The number of carbonyl (C=O) groups excluding carboxylic acids is 2. The van der Waals surface area contributed by atoms with Crippen LogP contribution in [-0.2, 0) is 30.7 Å². The van der Waals surface area contributed by atoms with E-state index in [1.807, 2.05) is 44.2 Å². The van der Waals surface area contributed by atoms with Crippen molar-refractivity contribution in [3.8, 4) is 5.75 Å². The molecule has 10 nitrogen and oxygen atoms in total. The van der Waals surface area contributed by atoms with Crippen LogP contribution in [0.3, 0.4) is 0 Å². The number of aliphatic hydroxyl groups excluding tert-OH is 1. The summed E-state index contributed by atoms with van der Waals surface area (Å²) in [5.41, 5.74) is 0.830. The molecular weight excluding hydrogens is 524 g/mol. The number of carbonyl (C=O) groups is 2. The number of amides is 1. The summed E-state index contributed by atoms with van der Waals surface area (Å²) in [6, 6.07) is 14.4. The zero-order chi connectivity index (χ0) is 29.0. The van der Waals surface area contributed by atoms with Gasteiger partial charge in [0, 0.05) is 13.1 Å². The van der Waals surface area contributed by atoms with Gasteiger partial charge in [-0.05, 0) is 49.1 Å². The number of alkyl carbamates (subject to hydrolysis) is 1. The minimum atomic E-state index is -3.97. The molecule has 1 unspecified atom stereocenters. The molecule has 0 saturated heterocycles. The molecule has 216 valence electrons. The molecule has 2 aromatic rings. The molecule has 0 aromatic heterocycles. The first-order valence-corrected chi connectivity index (χ1v) is 14.3. The summed E-state index contributed by atoms with van der Waals surface area (Å²) in [6.45, 7) is 5.37. The normalized spacial score (nSPS) is 14.6. The standard InChI is InChI=1S/C28H40N2O8S/c1-6-20(2)18-30(39(34,35)24-14-12-23(36-4)13-15-24)19-26(31)25(17-22-10-8-7-9-11-22)29-28(33)38-21(3)16-27(32)37-5/h7-15,20-21,25-26,31H,6,16-19H2,1-5H3,(H,29,33)/t20-,21-,25?,26-/m1/s1. The van der Waals surface area contributed by atoms with Crippen LogP contribution in [0.2, 0.25) is 0 Å². The maximum atomic E-state index is 13.6. The van der Waals surface area contributed by atoms with E-state index in [1.54, 1.807) is 19.1 Å². The minimum absolute atomic E-state index is 0.0230. The number of hydrogen-bond donors (Lipinski definition) is 2. The molecule has 0 bridgehead atoms. The molecule has 0 saturated carbocycles. The van der Waals surface area contributed by atoms with Gasteiger partial charge in [-0.3, -0.25) is 4.79 Å². The van der Waals surface area contributed by atoms with Gasteiger partial charge >= 0.3 is 12.1 Å². The summed E-state index contributed by atoms with van der Waals surface area (Å²) in [5, 5.41) is 14.0. The van der Waals surface area contributed by atoms with E-state index in [9.17, 15) is 23.1 Å². The number of aliphatic hydroxyl groups is 1. The summed E-state index contributed by atoms with van der Waals surface area (Å²) >= 11 is 0. The zero-order valence-electron chi connectivity index (χ0n) is 23.2. The first-order valence-electron chi connectivity index (χ1n) is 12.9. The van der Waals surface area contributed by atoms with Crippen molar-refractivity contribution in [1.82, 2.24) is 9.62 Å². The quantitative estimate of drug-likeness (QED) is 0.315. The van der Waals surface area contributed by atoms with Crippen molar-refractivity contribution < 1.29 is 37.3 Å². The molecule has 0 spiro atoms. The second-order valence-electron chi connectivity index (χ2n) is 9.52. The molecule has 0 aliphatic heterocycles. The Kier molecular flexibility index (Phi) is 12.7. The molecule has 2 N–H and O–H groups in total. The van der Waals surface area contributed by atoms with E-state index in [-0.39, 0.29) is 36.7 Å². The Morgan fingerprint density at radius 2 is 1.64 bits per heavy atom. The van der Waals surface area contributed by atoms with Crippen molar-refractivity contribution in [2.24, 2.45) is 5.92 Å². The van der Waals surface area contributed by atoms with Crippen LogP contribution in [-0.4, -0.2) is 75.5 Å². The molecule has 4 atom stereocenters. The molecule has 0 aliphatic rings. The fourth-order valence-corrected chi connectivity index (χ4v) is 5.44. The van der Waals surface area contributed by atoms with Crippen molar-refractivity contribution in [3.05, 3.63) is 60.2 Å². The Labute approximate surface area is 231 Å². The van der Waals surface area contributed by atoms with Gasteiger partial charge in [0.05, 0.1) is 37.7 Å². The van der Waals surface area contributed by atoms with Gasteiger partial charge in [-0.25, -0.2) is 13.2 Å². The van der Waals surface area contributed by atoms with Gasteiger partial charge in [-0.1, -0.05) is 50.6 Å². The summed E-state index contributed by atoms with van der Waals surface area (Å²) < 4.78 is 43.5. The molecule has 2 aromatic carbocycles. The molecule has 39 heavy (non-hydrogen) atoms. The monoisotopic (exact) mass is 564 g/mol. The lowest BCUT2D eigenvalue weighted by atomic mass is 10.0. The molecular formula is C28H40N2O8S. The van der Waals surface area contributed by atoms with E-state index in [1.165, 1.54) is 30.7 Å². The Morgan fingerprint density at radius 3 is 2.21 bits per heavy atom. The predicted molar refractivity (Wildman–Crippen MR) is 147 cm³/mol. The number of nitrogens with zero attached hydrogens (tertiary/aromatic N) is 1. The number of nitrogens with one attached hydrogen (secondary N) is 1. The van der Waals surface area contributed by atoms with Crippen molar-refractivity contribution in [3.63, 3.8) is 0 Å². The molecule has 0 radical (unpaired) electrons. The number of ether oxygens (including phenoxy) is 3. The first-order chi connectivity index (χ1) is 18.5. The maximum Gasteiger partial charge on any atom is 0.407 e. The van der Waals surface area contributed by atoms with Crippen molar-refractivity contribution in [2.45, 2.75) is 63.2 Å². The second kappa shape index (κ2) is 15.4. The van der Waals surface area contributed by atoms with E-state index in [0.29, 0.717) is 5.75 Å². The van der Waals surface area contributed by atoms with Gasteiger partial charge in [0.2, 0.25) is 10.0 Å². The van der Waals surface area contributed by atoms with Crippen molar-refractivity contribution >= 4 is 22.1 Å². The van der Waals surface area contributed by atoms with Gasteiger partial charge in [0.25, 0.3) is 0 Å². The Balaban J connectivity index is 2.29. The van der Waals surface area contributed by atoms with Crippen molar-refractivity contribution in [1.29, 1.82) is 0 Å². The fourth-order valence-electron chi connectivity index (χ4n) is 3.86. The van der Waals surface area contributed by atoms with E-state index in [4.69, 9.17) is 9.47 Å². The summed E-state index contributed by atoms with van der Waals surface area (Å²) in [5.74, 6) is 0.0185. The molecule has 0 aliphatic carbocycles. The maximum absolute atomic E-state index is 13.6. The third kappa shape index (κ3) is 10.2. The van der Waals surface area contributed by atoms with Gasteiger partial charge in [-0.2, -0.15) is 4.31 Å². The molecule has 0 fully saturated rings. The van der Waals surface area contributed by atoms with Crippen LogP contribution >= 0.6 is 0 Å². The lowest BCUT2D eigenvalue weighted by Gasteiger charge is -2.31. The largest absolute Gasteiger partial charge is 0.497 e. The van der Waals surface area contributed by atoms with Crippen LogP contribution in [0.25, 0.3) is 0 Å². The fraction of sp³-hybridized carbons (Fsp3) is 0.500. The van der Waals surface area contributed by atoms with Crippen LogP contribution < -0.4 is 10.1 Å². The average molecular weight is 565 g/mol. The van der Waals surface area contributed by atoms with Crippen LogP contribution in [0.4, 0.5) is 4.79 Å². The summed E-state index contributed by atoms with van der Waals surface area (Å²) in [4.78, 5) is 24.3. The van der Waals surface area contributed by atoms with Gasteiger partial charge in [0.15, 0.2) is 0 Å². The van der Waals surface area contributed by atoms with E-state index in [0.717, 1.165) is 12.0 Å². The third-order valence-electron chi connectivity index (χ3n) is 6.36. The summed E-state index contributed by atoms with van der Waals surface area (Å²) in [7, 11) is -1.24. The van der Waals surface area contributed by atoms with E-state index in [2.05, 4.69) is 10.1 Å². The third-order valence-corrected chi connectivity index (χ3v) is 8.20. The predicted octanol–water partition coefficient (Wildman–Crippen LogP) is 3.38. The molecule has 0 heterocycles. The summed E-state index contributed by atoms with van der Waals surface area (Å²) in [6.07, 6.45) is -2.03. The number of sulfonamides is 1. The number of hydrogen-bond acceptors (Lipinski definition) is 8. The lowest BCUT2D eigenvalue weighted by molar-refractivity contribution is -0.142. The van der Waals surface area contributed by atoms with Crippen molar-refractivity contribution in [2.75, 3.05) is 27.3 Å². The zero-order valence-corrected chi connectivity index (χ0v) is 24.0. The van der Waals surface area contributed by atoms with E-state index < -0.39 is 40.3 Å². The highest BCUT2D eigenvalue weighted by molar-refractivity contribution is 7.89. The SMILES string of the molecule is CC[C@@H](C)CN(C[C@@H](O)C(Cc1ccccc1)NC(=O)O[C@H](C)CC(=O)OC)S(=O)(=O)c1ccc(OC)cc1.